The molecule has 1 N–H and O–H groups in total. The lowest BCUT2D eigenvalue weighted by Gasteiger charge is -2.31. The fourth-order valence-electron chi connectivity index (χ4n) is 4.29. The number of rotatable bonds is 9. The number of anilines is 1. The summed E-state index contributed by atoms with van der Waals surface area (Å²) in [5.74, 6) is -0.763. The molecule has 1 heterocycles. The molecule has 0 bridgehead atoms. The van der Waals surface area contributed by atoms with Gasteiger partial charge in [-0.1, -0.05) is 67.4 Å². The number of nitrogens with zero attached hydrogens (tertiary/aromatic N) is 2. The topological polar surface area (TPSA) is 69.7 Å². The fraction of sp³-hybridized carbons (Fsp3) is 0.296. The number of benzene rings is 3. The van der Waals surface area contributed by atoms with Crippen molar-refractivity contribution in [3.63, 3.8) is 0 Å². The first-order valence-corrected chi connectivity index (χ1v) is 11.9. The van der Waals surface area contributed by atoms with Crippen LogP contribution in [0.2, 0.25) is 5.02 Å². The molecule has 34 heavy (non-hydrogen) atoms. The summed E-state index contributed by atoms with van der Waals surface area (Å²) in [6, 6.07) is 17.8. The zero-order valence-corrected chi connectivity index (χ0v) is 20.1. The molecule has 0 spiro atoms. The van der Waals surface area contributed by atoms with Gasteiger partial charge in [0.1, 0.15) is 12.6 Å². The number of nitrogens with one attached hydrogen (secondary N) is 1. The number of carbonyl (C=O) groups is 3. The van der Waals surface area contributed by atoms with Crippen LogP contribution in [0.15, 0.2) is 60.7 Å². The van der Waals surface area contributed by atoms with Crippen LogP contribution in [0.1, 0.15) is 42.6 Å². The summed E-state index contributed by atoms with van der Waals surface area (Å²) in [4.78, 5) is 42.7. The van der Waals surface area contributed by atoms with E-state index in [1.807, 2.05) is 48.5 Å². The van der Waals surface area contributed by atoms with E-state index in [2.05, 4.69) is 12.2 Å². The summed E-state index contributed by atoms with van der Waals surface area (Å²) in [5.41, 5.74) is 2.04. The van der Waals surface area contributed by atoms with Crippen molar-refractivity contribution in [3.05, 3.63) is 76.8 Å². The molecule has 3 aromatic carbocycles. The summed E-state index contributed by atoms with van der Waals surface area (Å²) in [5, 5.41) is 5.23. The molecular formula is C27H28ClN3O3. The first-order valence-electron chi connectivity index (χ1n) is 11.6. The zero-order valence-electron chi connectivity index (χ0n) is 19.4. The van der Waals surface area contributed by atoms with Crippen molar-refractivity contribution in [2.24, 2.45) is 0 Å². The first-order chi connectivity index (χ1) is 16.4. The minimum Gasteiger partial charge on any atom is -0.354 e. The van der Waals surface area contributed by atoms with E-state index in [1.54, 1.807) is 19.1 Å². The largest absolute Gasteiger partial charge is 0.354 e. The number of hydrogen-bond donors (Lipinski definition) is 1. The van der Waals surface area contributed by atoms with Crippen LogP contribution in [0.5, 0.6) is 0 Å². The van der Waals surface area contributed by atoms with E-state index < -0.39 is 6.04 Å². The van der Waals surface area contributed by atoms with Gasteiger partial charge in [-0.15, -0.1) is 0 Å². The minimum absolute atomic E-state index is 0.163. The maximum absolute atomic E-state index is 13.6. The fourth-order valence-corrected chi connectivity index (χ4v) is 4.49. The molecule has 0 saturated carbocycles. The maximum atomic E-state index is 13.6. The summed E-state index contributed by atoms with van der Waals surface area (Å²) in [6.07, 6.45) is 1.82. The predicted molar refractivity (Wildman–Crippen MR) is 135 cm³/mol. The Kier molecular flexibility index (Phi) is 7.17. The van der Waals surface area contributed by atoms with Gasteiger partial charge in [0.05, 0.1) is 5.69 Å². The molecule has 3 amide bonds. The third-order valence-corrected chi connectivity index (χ3v) is 6.61. The molecule has 1 atom stereocenters. The molecule has 1 aliphatic rings. The van der Waals surface area contributed by atoms with E-state index in [4.69, 9.17) is 11.6 Å². The second-order valence-corrected chi connectivity index (χ2v) is 8.91. The van der Waals surface area contributed by atoms with Gasteiger partial charge in [-0.3, -0.25) is 19.3 Å². The van der Waals surface area contributed by atoms with Gasteiger partial charge in [0.25, 0.3) is 5.91 Å². The molecule has 0 aromatic heterocycles. The van der Waals surface area contributed by atoms with E-state index in [9.17, 15) is 14.4 Å². The molecule has 3 aromatic rings. The maximum Gasteiger partial charge on any atom is 0.259 e. The van der Waals surface area contributed by atoms with E-state index in [-0.39, 0.29) is 30.8 Å². The van der Waals surface area contributed by atoms with Crippen molar-refractivity contribution in [2.45, 2.75) is 39.3 Å². The second kappa shape index (κ2) is 10.3. The molecule has 1 aliphatic heterocycles. The van der Waals surface area contributed by atoms with Crippen molar-refractivity contribution in [2.75, 3.05) is 18.0 Å². The summed E-state index contributed by atoms with van der Waals surface area (Å²) >= 11 is 6.36. The first kappa shape index (κ1) is 23.8. The van der Waals surface area contributed by atoms with Gasteiger partial charge >= 0.3 is 0 Å². The van der Waals surface area contributed by atoms with Crippen LogP contribution in [0.3, 0.4) is 0 Å². The van der Waals surface area contributed by atoms with E-state index in [1.165, 1.54) is 9.80 Å². The highest BCUT2D eigenvalue weighted by molar-refractivity contribution is 6.31. The van der Waals surface area contributed by atoms with Crippen molar-refractivity contribution in [1.29, 1.82) is 0 Å². The van der Waals surface area contributed by atoms with Gasteiger partial charge in [-0.25, -0.2) is 0 Å². The number of hydrogen-bond acceptors (Lipinski definition) is 3. The van der Waals surface area contributed by atoms with E-state index in [0.717, 1.165) is 29.2 Å². The Morgan fingerprint density at radius 3 is 2.53 bits per heavy atom. The zero-order chi connectivity index (χ0) is 24.2. The lowest BCUT2D eigenvalue weighted by molar-refractivity contribution is -0.139. The number of amides is 3. The summed E-state index contributed by atoms with van der Waals surface area (Å²) < 4.78 is 0. The summed E-state index contributed by atoms with van der Waals surface area (Å²) in [6.45, 7) is 4.31. The van der Waals surface area contributed by atoms with Gasteiger partial charge in [-0.2, -0.15) is 0 Å². The molecule has 6 nitrogen and oxygen atoms in total. The Balaban J connectivity index is 1.60. The van der Waals surface area contributed by atoms with Crippen LogP contribution < -0.4 is 10.2 Å². The third-order valence-electron chi connectivity index (χ3n) is 6.24. The van der Waals surface area contributed by atoms with Crippen molar-refractivity contribution in [1.82, 2.24) is 10.2 Å². The van der Waals surface area contributed by atoms with Crippen LogP contribution >= 0.6 is 11.6 Å². The van der Waals surface area contributed by atoms with E-state index >= 15 is 0 Å². The highest BCUT2D eigenvalue weighted by Gasteiger charge is 2.34. The SMILES string of the molecule is CCCCNC(=O)C(C)N(Cc1ccccc1Cl)C(=O)CN1C(=O)c2cccc3cccc1c23. The molecule has 1 unspecified atom stereocenters. The highest BCUT2D eigenvalue weighted by atomic mass is 35.5. The Morgan fingerprint density at radius 1 is 1.06 bits per heavy atom. The molecular weight excluding hydrogens is 450 g/mol. The lowest BCUT2D eigenvalue weighted by Crippen LogP contribution is -2.51. The third kappa shape index (κ3) is 4.64. The van der Waals surface area contributed by atoms with Crippen molar-refractivity contribution >= 4 is 45.8 Å². The lowest BCUT2D eigenvalue weighted by atomic mass is 10.1. The van der Waals surface area contributed by atoms with Crippen LogP contribution in [0.25, 0.3) is 10.8 Å². The van der Waals surface area contributed by atoms with Crippen LogP contribution in [-0.2, 0) is 16.1 Å². The second-order valence-electron chi connectivity index (χ2n) is 8.51. The monoisotopic (exact) mass is 477 g/mol. The Hall–Kier alpha value is -3.38. The predicted octanol–water partition coefficient (Wildman–Crippen LogP) is 4.79. The quantitative estimate of drug-likeness (QED) is 0.450. The highest BCUT2D eigenvalue weighted by Crippen LogP contribution is 2.37. The van der Waals surface area contributed by atoms with Gasteiger partial charge in [0, 0.05) is 29.1 Å². The normalized spacial score (nSPS) is 13.3. The Bertz CT molecular complexity index is 1240. The molecule has 0 fully saturated rings. The Morgan fingerprint density at radius 2 is 1.79 bits per heavy atom. The number of unbranched alkanes of at least 4 members (excludes halogenated alkanes) is 1. The van der Waals surface area contributed by atoms with Gasteiger partial charge < -0.3 is 10.2 Å². The van der Waals surface area contributed by atoms with Gasteiger partial charge in [0.15, 0.2) is 0 Å². The molecule has 0 aliphatic carbocycles. The molecule has 0 saturated heterocycles. The van der Waals surface area contributed by atoms with Crippen LogP contribution in [-0.4, -0.2) is 41.8 Å². The van der Waals surface area contributed by atoms with Gasteiger partial charge in [-0.05, 0) is 42.5 Å². The Labute approximate surface area is 204 Å². The standard InChI is InChI=1S/C27H28ClN3O3/c1-3-4-15-29-26(33)18(2)30(16-20-9-5-6-13-22(20)28)24(32)17-31-23-14-8-11-19-10-7-12-21(25(19)23)27(31)34/h5-14,18H,3-4,15-17H2,1-2H3,(H,29,33). The van der Waals surface area contributed by atoms with Gasteiger partial charge in [0.2, 0.25) is 11.8 Å². The number of halogens is 1. The smallest absolute Gasteiger partial charge is 0.259 e. The van der Waals surface area contributed by atoms with Crippen molar-refractivity contribution < 1.29 is 14.4 Å². The number of carbonyl (C=O) groups excluding carboxylic acids is 3. The van der Waals surface area contributed by atoms with Crippen LogP contribution in [0.4, 0.5) is 5.69 Å². The summed E-state index contributed by atoms with van der Waals surface area (Å²) in [7, 11) is 0. The molecule has 4 rings (SSSR count). The molecule has 176 valence electrons. The van der Waals surface area contributed by atoms with Crippen molar-refractivity contribution in [3.8, 4) is 0 Å². The van der Waals surface area contributed by atoms with E-state index in [0.29, 0.717) is 22.8 Å². The molecule has 0 radical (unpaired) electrons. The average molecular weight is 478 g/mol. The minimum atomic E-state index is -0.725. The average Bonchev–Trinajstić information content (AvgIpc) is 3.11. The molecule has 7 heteroatoms. The van der Waals surface area contributed by atoms with Crippen LogP contribution in [0, 0.1) is 0 Å².